The number of carboxylic acid groups (broad SMARTS) is 1. The molecule has 1 N–H and O–H groups in total. The number of rotatable bonds is 5. The second-order valence-electron chi connectivity index (χ2n) is 5.20. The summed E-state index contributed by atoms with van der Waals surface area (Å²) in [5.41, 5.74) is 0.315. The Hall–Kier alpha value is -2.15. The molecule has 1 saturated heterocycles. The van der Waals surface area contributed by atoms with Gasteiger partial charge in [0.2, 0.25) is 0 Å². The van der Waals surface area contributed by atoms with Crippen molar-refractivity contribution in [2.75, 3.05) is 31.7 Å². The molecular weight excluding hydrogens is 276 g/mol. The molecule has 1 heterocycles. The van der Waals surface area contributed by atoms with Gasteiger partial charge in [0.05, 0.1) is 10.5 Å². The van der Waals surface area contributed by atoms with E-state index < -0.39 is 10.9 Å². The van der Waals surface area contributed by atoms with Crippen LogP contribution in [0.5, 0.6) is 0 Å². The third-order valence-corrected chi connectivity index (χ3v) is 3.70. The highest BCUT2D eigenvalue weighted by molar-refractivity contribution is 5.90. The van der Waals surface area contributed by atoms with Crippen LogP contribution in [-0.2, 0) is 4.74 Å². The first-order chi connectivity index (χ1) is 9.99. The number of hydrogen-bond donors (Lipinski definition) is 1. The third kappa shape index (κ3) is 3.69. The molecule has 2 rings (SSSR count). The van der Waals surface area contributed by atoms with E-state index in [1.165, 1.54) is 18.2 Å². The zero-order valence-electron chi connectivity index (χ0n) is 11.8. The summed E-state index contributed by atoms with van der Waals surface area (Å²) < 4.78 is 5.30. The average molecular weight is 294 g/mol. The summed E-state index contributed by atoms with van der Waals surface area (Å²) >= 11 is 0. The van der Waals surface area contributed by atoms with E-state index in [-0.39, 0.29) is 11.3 Å². The average Bonchev–Trinajstić information content (AvgIpc) is 2.47. The van der Waals surface area contributed by atoms with Gasteiger partial charge in [0.1, 0.15) is 5.69 Å². The van der Waals surface area contributed by atoms with E-state index in [1.54, 1.807) is 11.9 Å². The molecule has 1 fully saturated rings. The Morgan fingerprint density at radius 1 is 1.48 bits per heavy atom. The molecule has 114 valence electrons. The molecule has 1 aliphatic rings. The second kappa shape index (κ2) is 6.53. The summed E-state index contributed by atoms with van der Waals surface area (Å²) in [7, 11) is 1.75. The first-order valence-electron chi connectivity index (χ1n) is 6.79. The van der Waals surface area contributed by atoms with Crippen molar-refractivity contribution in [3.8, 4) is 0 Å². The van der Waals surface area contributed by atoms with E-state index in [4.69, 9.17) is 9.84 Å². The standard InChI is InChI=1S/C14H18N2O5/c1-15(9-10-4-6-21-7-5-10)13-8-11(14(17)18)2-3-12(13)16(19)20/h2-3,8,10H,4-7,9H2,1H3,(H,17,18). The minimum absolute atomic E-state index is 0.0504. The maximum absolute atomic E-state index is 11.1. The number of carbonyl (C=O) groups is 1. The Balaban J connectivity index is 2.23. The Morgan fingerprint density at radius 3 is 2.71 bits per heavy atom. The summed E-state index contributed by atoms with van der Waals surface area (Å²) in [6, 6.07) is 3.87. The Kier molecular flexibility index (Phi) is 4.74. The van der Waals surface area contributed by atoms with E-state index in [2.05, 4.69) is 0 Å². The summed E-state index contributed by atoms with van der Waals surface area (Å²) in [4.78, 5) is 23.4. The fourth-order valence-corrected chi connectivity index (χ4v) is 2.53. The predicted molar refractivity (Wildman–Crippen MR) is 76.9 cm³/mol. The van der Waals surface area contributed by atoms with Crippen LogP contribution in [-0.4, -0.2) is 42.8 Å². The van der Waals surface area contributed by atoms with Gasteiger partial charge < -0.3 is 14.7 Å². The van der Waals surface area contributed by atoms with E-state index in [9.17, 15) is 14.9 Å². The van der Waals surface area contributed by atoms with Gasteiger partial charge >= 0.3 is 5.97 Å². The largest absolute Gasteiger partial charge is 0.478 e. The number of anilines is 1. The molecule has 1 aliphatic heterocycles. The van der Waals surface area contributed by atoms with Gasteiger partial charge in [-0.15, -0.1) is 0 Å². The maximum Gasteiger partial charge on any atom is 0.335 e. The Bertz CT molecular complexity index is 540. The van der Waals surface area contributed by atoms with E-state index in [0.29, 0.717) is 31.4 Å². The van der Waals surface area contributed by atoms with Gasteiger partial charge in [0.15, 0.2) is 0 Å². The fraction of sp³-hybridized carbons (Fsp3) is 0.500. The molecular formula is C14H18N2O5. The number of benzene rings is 1. The van der Waals surface area contributed by atoms with Gasteiger partial charge in [0.25, 0.3) is 5.69 Å². The molecule has 21 heavy (non-hydrogen) atoms. The highest BCUT2D eigenvalue weighted by Crippen LogP contribution is 2.30. The first kappa shape index (κ1) is 15.2. The number of hydrogen-bond acceptors (Lipinski definition) is 5. The molecule has 0 saturated carbocycles. The molecule has 1 aromatic carbocycles. The molecule has 0 unspecified atom stereocenters. The van der Waals surface area contributed by atoms with Crippen molar-refractivity contribution in [2.45, 2.75) is 12.8 Å². The summed E-state index contributed by atoms with van der Waals surface area (Å²) in [6.07, 6.45) is 1.83. The quantitative estimate of drug-likeness (QED) is 0.660. The van der Waals surface area contributed by atoms with Crippen LogP contribution in [0.1, 0.15) is 23.2 Å². The lowest BCUT2D eigenvalue weighted by Crippen LogP contribution is -2.30. The highest BCUT2D eigenvalue weighted by atomic mass is 16.6. The van der Waals surface area contributed by atoms with Crippen LogP contribution in [0.25, 0.3) is 0 Å². The number of ether oxygens (including phenoxy) is 1. The number of carboxylic acids is 1. The van der Waals surface area contributed by atoms with Crippen LogP contribution in [0.3, 0.4) is 0 Å². The molecule has 7 heteroatoms. The van der Waals surface area contributed by atoms with Gasteiger partial charge in [-0.25, -0.2) is 4.79 Å². The van der Waals surface area contributed by atoms with Crippen LogP contribution >= 0.6 is 0 Å². The fourth-order valence-electron chi connectivity index (χ4n) is 2.53. The Labute approximate surface area is 122 Å². The third-order valence-electron chi connectivity index (χ3n) is 3.70. The lowest BCUT2D eigenvalue weighted by atomic mass is 9.99. The molecule has 1 aromatic rings. The van der Waals surface area contributed by atoms with Crippen molar-refractivity contribution in [1.82, 2.24) is 0 Å². The van der Waals surface area contributed by atoms with Gasteiger partial charge in [-0.05, 0) is 30.9 Å². The zero-order chi connectivity index (χ0) is 15.4. The van der Waals surface area contributed by atoms with Gasteiger partial charge in [0, 0.05) is 32.9 Å². The molecule has 7 nitrogen and oxygen atoms in total. The van der Waals surface area contributed by atoms with E-state index in [1.807, 2.05) is 0 Å². The molecule has 0 atom stereocenters. The second-order valence-corrected chi connectivity index (χ2v) is 5.20. The molecule has 0 spiro atoms. The summed E-state index contributed by atoms with van der Waals surface area (Å²) in [5, 5.41) is 20.1. The lowest BCUT2D eigenvalue weighted by molar-refractivity contribution is -0.384. The van der Waals surface area contributed by atoms with Crippen LogP contribution in [0.2, 0.25) is 0 Å². The van der Waals surface area contributed by atoms with Gasteiger partial charge in [-0.1, -0.05) is 0 Å². The molecule has 0 aliphatic carbocycles. The van der Waals surface area contributed by atoms with Crippen LogP contribution in [0.15, 0.2) is 18.2 Å². The monoisotopic (exact) mass is 294 g/mol. The lowest BCUT2D eigenvalue weighted by Gasteiger charge is -2.28. The first-order valence-corrected chi connectivity index (χ1v) is 6.79. The minimum Gasteiger partial charge on any atom is -0.478 e. The van der Waals surface area contributed by atoms with Crippen molar-refractivity contribution in [2.24, 2.45) is 5.92 Å². The normalized spacial score (nSPS) is 15.7. The molecule has 0 radical (unpaired) electrons. The number of nitrogens with zero attached hydrogens (tertiary/aromatic N) is 2. The minimum atomic E-state index is -1.09. The maximum atomic E-state index is 11.1. The smallest absolute Gasteiger partial charge is 0.335 e. The van der Waals surface area contributed by atoms with Crippen LogP contribution in [0.4, 0.5) is 11.4 Å². The van der Waals surface area contributed by atoms with E-state index >= 15 is 0 Å². The molecule has 0 amide bonds. The van der Waals surface area contributed by atoms with Crippen LogP contribution < -0.4 is 4.90 Å². The van der Waals surface area contributed by atoms with Crippen molar-refractivity contribution < 1.29 is 19.6 Å². The van der Waals surface area contributed by atoms with Crippen molar-refractivity contribution in [3.63, 3.8) is 0 Å². The number of aromatic carboxylic acids is 1. The van der Waals surface area contributed by atoms with Crippen molar-refractivity contribution in [3.05, 3.63) is 33.9 Å². The summed E-state index contributed by atoms with van der Waals surface area (Å²) in [5.74, 6) is -0.692. The molecule has 0 bridgehead atoms. The van der Waals surface area contributed by atoms with E-state index in [0.717, 1.165) is 12.8 Å². The zero-order valence-corrected chi connectivity index (χ0v) is 11.8. The van der Waals surface area contributed by atoms with Crippen molar-refractivity contribution >= 4 is 17.3 Å². The van der Waals surface area contributed by atoms with Gasteiger partial charge in [-0.2, -0.15) is 0 Å². The highest BCUT2D eigenvalue weighted by Gasteiger charge is 2.22. The van der Waals surface area contributed by atoms with Crippen LogP contribution in [0, 0.1) is 16.0 Å². The predicted octanol–water partition coefficient (Wildman–Crippen LogP) is 2.16. The number of nitro groups is 1. The molecule has 0 aromatic heterocycles. The van der Waals surface area contributed by atoms with Gasteiger partial charge in [-0.3, -0.25) is 10.1 Å². The Morgan fingerprint density at radius 2 is 2.14 bits per heavy atom. The van der Waals surface area contributed by atoms with Crippen molar-refractivity contribution in [1.29, 1.82) is 0 Å². The summed E-state index contributed by atoms with van der Waals surface area (Å²) in [6.45, 7) is 2.05. The SMILES string of the molecule is CN(CC1CCOCC1)c1cc(C(=O)O)ccc1[N+](=O)[O-]. The number of nitro benzene ring substituents is 1. The topological polar surface area (TPSA) is 92.9 Å².